The standard InChI is InChI=1S/C15H23N3O/c1-12-11-18(15(19)8-9-17(2)3)14-7-5-4-6-13(14)10-16-12/h4-7,12,16H,8-11H2,1-3H3. The molecule has 0 bridgehead atoms. The van der Waals surface area contributed by atoms with E-state index in [0.29, 0.717) is 12.5 Å². The molecule has 0 saturated heterocycles. The Labute approximate surface area is 115 Å². The first-order valence-corrected chi connectivity index (χ1v) is 6.84. The molecule has 0 aliphatic carbocycles. The highest BCUT2D eigenvalue weighted by Gasteiger charge is 2.23. The second kappa shape index (κ2) is 6.17. The van der Waals surface area contributed by atoms with E-state index in [4.69, 9.17) is 0 Å². The number of nitrogens with one attached hydrogen (secondary N) is 1. The summed E-state index contributed by atoms with van der Waals surface area (Å²) >= 11 is 0. The second-order valence-electron chi connectivity index (χ2n) is 5.47. The summed E-state index contributed by atoms with van der Waals surface area (Å²) in [4.78, 5) is 16.4. The highest BCUT2D eigenvalue weighted by Crippen LogP contribution is 2.24. The number of para-hydroxylation sites is 1. The topological polar surface area (TPSA) is 35.6 Å². The average Bonchev–Trinajstić information content (AvgIpc) is 2.56. The maximum atomic E-state index is 12.4. The van der Waals surface area contributed by atoms with Crippen molar-refractivity contribution in [3.05, 3.63) is 29.8 Å². The van der Waals surface area contributed by atoms with Crippen molar-refractivity contribution >= 4 is 11.6 Å². The Balaban J connectivity index is 2.19. The Morgan fingerprint density at radius 3 is 2.89 bits per heavy atom. The van der Waals surface area contributed by atoms with E-state index < -0.39 is 0 Å². The molecule has 0 fully saturated rings. The van der Waals surface area contributed by atoms with Crippen LogP contribution < -0.4 is 10.2 Å². The minimum Gasteiger partial charge on any atom is -0.311 e. The van der Waals surface area contributed by atoms with Crippen molar-refractivity contribution in [1.82, 2.24) is 10.2 Å². The van der Waals surface area contributed by atoms with Gasteiger partial charge in [0.1, 0.15) is 0 Å². The summed E-state index contributed by atoms with van der Waals surface area (Å²) < 4.78 is 0. The third-order valence-corrected chi connectivity index (χ3v) is 3.45. The molecule has 0 radical (unpaired) electrons. The zero-order valence-electron chi connectivity index (χ0n) is 12.0. The van der Waals surface area contributed by atoms with Gasteiger partial charge in [0.25, 0.3) is 0 Å². The van der Waals surface area contributed by atoms with E-state index in [1.165, 1.54) is 5.56 Å². The highest BCUT2D eigenvalue weighted by atomic mass is 16.2. The van der Waals surface area contributed by atoms with Crippen LogP contribution in [0.4, 0.5) is 5.69 Å². The van der Waals surface area contributed by atoms with Crippen molar-refractivity contribution in [1.29, 1.82) is 0 Å². The zero-order chi connectivity index (χ0) is 13.8. The molecule has 4 nitrogen and oxygen atoms in total. The predicted octanol–water partition coefficient (Wildman–Crippen LogP) is 1.46. The number of fused-ring (bicyclic) bond motifs is 1. The van der Waals surface area contributed by atoms with E-state index in [1.807, 2.05) is 42.1 Å². The van der Waals surface area contributed by atoms with Crippen LogP contribution in [0.3, 0.4) is 0 Å². The van der Waals surface area contributed by atoms with E-state index in [2.05, 4.69) is 18.3 Å². The van der Waals surface area contributed by atoms with Gasteiger partial charge in [-0.05, 0) is 32.6 Å². The quantitative estimate of drug-likeness (QED) is 0.895. The third-order valence-electron chi connectivity index (χ3n) is 3.45. The maximum absolute atomic E-state index is 12.4. The fourth-order valence-corrected chi connectivity index (χ4v) is 2.33. The smallest absolute Gasteiger partial charge is 0.228 e. The second-order valence-corrected chi connectivity index (χ2v) is 5.47. The van der Waals surface area contributed by atoms with E-state index in [-0.39, 0.29) is 5.91 Å². The zero-order valence-corrected chi connectivity index (χ0v) is 12.0. The van der Waals surface area contributed by atoms with Crippen LogP contribution in [-0.2, 0) is 11.3 Å². The van der Waals surface area contributed by atoms with Crippen molar-refractivity contribution in [2.24, 2.45) is 0 Å². The Morgan fingerprint density at radius 1 is 1.42 bits per heavy atom. The van der Waals surface area contributed by atoms with Crippen molar-refractivity contribution in [2.75, 3.05) is 32.1 Å². The van der Waals surface area contributed by atoms with Crippen molar-refractivity contribution in [3.8, 4) is 0 Å². The Kier molecular flexibility index (Phi) is 4.56. The number of benzene rings is 1. The van der Waals surface area contributed by atoms with Crippen LogP contribution in [0.25, 0.3) is 0 Å². The molecule has 0 spiro atoms. The molecule has 19 heavy (non-hydrogen) atoms. The summed E-state index contributed by atoms with van der Waals surface area (Å²) in [6.07, 6.45) is 0.564. The summed E-state index contributed by atoms with van der Waals surface area (Å²) in [7, 11) is 3.99. The van der Waals surface area contributed by atoms with Crippen LogP contribution >= 0.6 is 0 Å². The Morgan fingerprint density at radius 2 is 2.16 bits per heavy atom. The van der Waals surface area contributed by atoms with Crippen LogP contribution in [-0.4, -0.2) is 44.0 Å². The van der Waals surface area contributed by atoms with Crippen LogP contribution in [0.5, 0.6) is 0 Å². The van der Waals surface area contributed by atoms with Crippen molar-refractivity contribution in [2.45, 2.75) is 25.9 Å². The molecule has 0 saturated carbocycles. The SMILES string of the molecule is CC1CN(C(=O)CCN(C)C)c2ccccc2CN1. The molecule has 1 aliphatic heterocycles. The van der Waals surface area contributed by atoms with Crippen LogP contribution in [0, 0.1) is 0 Å². The molecule has 104 valence electrons. The van der Waals surface area contributed by atoms with Crippen molar-refractivity contribution in [3.63, 3.8) is 0 Å². The van der Waals surface area contributed by atoms with Crippen LogP contribution in [0.15, 0.2) is 24.3 Å². The average molecular weight is 261 g/mol. The van der Waals surface area contributed by atoms with Gasteiger partial charge in [0.2, 0.25) is 5.91 Å². The van der Waals surface area contributed by atoms with Gasteiger partial charge in [-0.25, -0.2) is 0 Å². The van der Waals surface area contributed by atoms with Gasteiger partial charge in [-0.1, -0.05) is 18.2 Å². The van der Waals surface area contributed by atoms with Gasteiger partial charge >= 0.3 is 0 Å². The monoisotopic (exact) mass is 261 g/mol. The molecule has 1 atom stereocenters. The number of carbonyl (C=O) groups is 1. The fraction of sp³-hybridized carbons (Fsp3) is 0.533. The molecule has 4 heteroatoms. The summed E-state index contributed by atoms with van der Waals surface area (Å²) in [5, 5.41) is 3.45. The molecular weight excluding hydrogens is 238 g/mol. The Hall–Kier alpha value is -1.39. The number of carbonyl (C=O) groups excluding carboxylic acids is 1. The number of nitrogens with zero attached hydrogens (tertiary/aromatic N) is 2. The molecule has 1 aliphatic rings. The molecule has 2 rings (SSSR count). The first-order valence-electron chi connectivity index (χ1n) is 6.84. The maximum Gasteiger partial charge on any atom is 0.228 e. The van der Waals surface area contributed by atoms with Crippen molar-refractivity contribution < 1.29 is 4.79 Å². The number of anilines is 1. The molecule has 1 unspecified atom stereocenters. The summed E-state index contributed by atoms with van der Waals surface area (Å²) in [5.74, 6) is 0.205. The largest absolute Gasteiger partial charge is 0.311 e. The minimum absolute atomic E-state index is 0.205. The lowest BCUT2D eigenvalue weighted by Gasteiger charge is -2.25. The summed E-state index contributed by atoms with van der Waals surface area (Å²) in [6.45, 7) is 4.48. The van der Waals surface area contributed by atoms with Gasteiger partial charge in [0.15, 0.2) is 0 Å². The van der Waals surface area contributed by atoms with Gasteiger partial charge in [0, 0.05) is 37.8 Å². The first-order chi connectivity index (χ1) is 9.08. The van der Waals surface area contributed by atoms with Gasteiger partial charge in [-0.3, -0.25) is 4.79 Å². The van der Waals surface area contributed by atoms with Gasteiger partial charge in [0.05, 0.1) is 0 Å². The molecular formula is C15H23N3O. The predicted molar refractivity (Wildman–Crippen MR) is 78.3 cm³/mol. The molecule has 1 aromatic rings. The van der Waals surface area contributed by atoms with E-state index in [1.54, 1.807) is 0 Å². The number of amides is 1. The number of hydrogen-bond donors (Lipinski definition) is 1. The summed E-state index contributed by atoms with van der Waals surface area (Å²) in [5.41, 5.74) is 2.26. The van der Waals surface area contributed by atoms with Gasteiger partial charge < -0.3 is 15.1 Å². The lowest BCUT2D eigenvalue weighted by molar-refractivity contribution is -0.118. The molecule has 1 aromatic carbocycles. The molecule has 0 aromatic heterocycles. The fourth-order valence-electron chi connectivity index (χ4n) is 2.33. The lowest BCUT2D eigenvalue weighted by atomic mass is 10.1. The first kappa shape index (κ1) is 14.0. The Bertz CT molecular complexity index is 445. The molecule has 1 heterocycles. The highest BCUT2D eigenvalue weighted by molar-refractivity contribution is 5.94. The van der Waals surface area contributed by atoms with Gasteiger partial charge in [-0.15, -0.1) is 0 Å². The van der Waals surface area contributed by atoms with E-state index >= 15 is 0 Å². The van der Waals surface area contributed by atoms with Crippen LogP contribution in [0.2, 0.25) is 0 Å². The minimum atomic E-state index is 0.205. The van der Waals surface area contributed by atoms with Gasteiger partial charge in [-0.2, -0.15) is 0 Å². The number of hydrogen-bond acceptors (Lipinski definition) is 3. The third kappa shape index (κ3) is 3.55. The lowest BCUT2D eigenvalue weighted by Crippen LogP contribution is -2.40. The molecule has 1 N–H and O–H groups in total. The molecule has 1 amide bonds. The van der Waals surface area contributed by atoms with E-state index in [0.717, 1.165) is 25.3 Å². The van der Waals surface area contributed by atoms with E-state index in [9.17, 15) is 4.79 Å². The summed E-state index contributed by atoms with van der Waals surface area (Å²) in [6, 6.07) is 8.48. The normalized spacial score (nSPS) is 19.2. The number of rotatable bonds is 3. The van der Waals surface area contributed by atoms with Crippen LogP contribution in [0.1, 0.15) is 18.9 Å².